The molecule has 5 heteroatoms. The Morgan fingerprint density at radius 2 is 1.76 bits per heavy atom. The minimum absolute atomic E-state index is 0.311. The van der Waals surface area contributed by atoms with Gasteiger partial charge in [-0.2, -0.15) is 0 Å². The van der Waals surface area contributed by atoms with Crippen LogP contribution in [-0.4, -0.2) is 68.7 Å². The second-order valence-electron chi connectivity index (χ2n) is 7.29. The summed E-state index contributed by atoms with van der Waals surface area (Å²) in [6.07, 6.45) is 4.97. The van der Waals surface area contributed by atoms with Crippen LogP contribution in [0.4, 0.5) is 0 Å². The zero-order valence-electron chi connectivity index (χ0n) is 15.7. The fourth-order valence-electron chi connectivity index (χ4n) is 3.71. The lowest BCUT2D eigenvalue weighted by Crippen LogP contribution is -2.49. The predicted molar refractivity (Wildman–Crippen MR) is 103 cm³/mol. The molecule has 0 spiro atoms. The fourth-order valence-corrected chi connectivity index (χ4v) is 3.71. The molecule has 0 bridgehead atoms. The molecular formula is C20H32N4O. The maximum absolute atomic E-state index is 6.09. The smallest absolute Gasteiger partial charge is 0.193 e. The van der Waals surface area contributed by atoms with E-state index in [0.717, 1.165) is 50.1 Å². The molecule has 0 atom stereocenters. The molecule has 2 aliphatic rings. The maximum atomic E-state index is 6.09. The summed E-state index contributed by atoms with van der Waals surface area (Å²) in [6.45, 7) is 5.48. The number of guanidine groups is 1. The number of para-hydroxylation sites is 1. The van der Waals surface area contributed by atoms with Gasteiger partial charge in [0.05, 0.1) is 0 Å². The highest BCUT2D eigenvalue weighted by molar-refractivity contribution is 5.79. The van der Waals surface area contributed by atoms with Gasteiger partial charge >= 0.3 is 0 Å². The van der Waals surface area contributed by atoms with Gasteiger partial charge in [-0.15, -0.1) is 0 Å². The second-order valence-corrected chi connectivity index (χ2v) is 7.29. The Labute approximate surface area is 152 Å². The van der Waals surface area contributed by atoms with Crippen molar-refractivity contribution in [3.05, 3.63) is 30.3 Å². The standard InChI is InChI=1S/C20H32N4O/c1-21-20(22-16-17-8-12-23(2)13-9-17)24-14-10-19(11-15-24)25-18-6-4-3-5-7-18/h3-7,17,19H,8-16H2,1-2H3,(H,21,22). The van der Waals surface area contributed by atoms with E-state index in [1.54, 1.807) is 0 Å². The normalized spacial score (nSPS) is 21.4. The van der Waals surface area contributed by atoms with Gasteiger partial charge in [-0.25, -0.2) is 0 Å². The van der Waals surface area contributed by atoms with Crippen LogP contribution >= 0.6 is 0 Å². The first kappa shape index (κ1) is 18.1. The zero-order chi connectivity index (χ0) is 17.5. The molecule has 0 saturated carbocycles. The summed E-state index contributed by atoms with van der Waals surface area (Å²) in [4.78, 5) is 9.29. The first-order chi connectivity index (χ1) is 12.2. The maximum Gasteiger partial charge on any atom is 0.193 e. The van der Waals surface area contributed by atoms with Crippen LogP contribution in [0.5, 0.6) is 5.75 Å². The van der Waals surface area contributed by atoms with Crippen LogP contribution in [0.2, 0.25) is 0 Å². The Morgan fingerprint density at radius 1 is 1.08 bits per heavy atom. The number of aliphatic imine (C=N–C) groups is 1. The summed E-state index contributed by atoms with van der Waals surface area (Å²) in [5.74, 6) is 2.80. The number of nitrogens with one attached hydrogen (secondary N) is 1. The summed E-state index contributed by atoms with van der Waals surface area (Å²) >= 11 is 0. The highest BCUT2D eigenvalue weighted by Gasteiger charge is 2.23. The van der Waals surface area contributed by atoms with E-state index < -0.39 is 0 Å². The fraction of sp³-hybridized carbons (Fsp3) is 0.650. The molecule has 0 unspecified atom stereocenters. The van der Waals surface area contributed by atoms with Gasteiger partial charge in [-0.05, 0) is 51.0 Å². The van der Waals surface area contributed by atoms with Gasteiger partial charge in [0.25, 0.3) is 0 Å². The molecule has 2 saturated heterocycles. The molecule has 0 aromatic heterocycles. The summed E-state index contributed by atoms with van der Waals surface area (Å²) in [5.41, 5.74) is 0. The van der Waals surface area contributed by atoms with Crippen molar-refractivity contribution in [1.82, 2.24) is 15.1 Å². The quantitative estimate of drug-likeness (QED) is 0.673. The summed E-state index contributed by atoms with van der Waals surface area (Å²) in [5, 5.41) is 3.60. The van der Waals surface area contributed by atoms with Crippen molar-refractivity contribution >= 4 is 5.96 Å². The molecule has 0 amide bonds. The van der Waals surface area contributed by atoms with Crippen LogP contribution < -0.4 is 10.1 Å². The number of hydrogen-bond donors (Lipinski definition) is 1. The molecule has 138 valence electrons. The van der Waals surface area contributed by atoms with Gasteiger partial charge in [0, 0.05) is 39.5 Å². The lowest BCUT2D eigenvalue weighted by Gasteiger charge is -2.35. The van der Waals surface area contributed by atoms with Gasteiger partial charge in [-0.1, -0.05) is 18.2 Å². The minimum Gasteiger partial charge on any atom is -0.490 e. The van der Waals surface area contributed by atoms with Crippen molar-refractivity contribution < 1.29 is 4.74 Å². The molecule has 3 rings (SSSR count). The van der Waals surface area contributed by atoms with Crippen molar-refractivity contribution in [3.8, 4) is 5.75 Å². The molecule has 1 aromatic rings. The number of nitrogens with zero attached hydrogens (tertiary/aromatic N) is 3. The number of benzene rings is 1. The third kappa shape index (κ3) is 5.36. The van der Waals surface area contributed by atoms with E-state index >= 15 is 0 Å². The van der Waals surface area contributed by atoms with Gasteiger partial charge in [0.2, 0.25) is 0 Å². The van der Waals surface area contributed by atoms with Gasteiger partial charge in [0.15, 0.2) is 5.96 Å². The number of ether oxygens (including phenoxy) is 1. The van der Waals surface area contributed by atoms with Gasteiger partial charge in [0.1, 0.15) is 11.9 Å². The van der Waals surface area contributed by atoms with E-state index in [9.17, 15) is 0 Å². The zero-order valence-corrected chi connectivity index (χ0v) is 15.7. The Kier molecular flexibility index (Phi) is 6.56. The molecule has 0 aliphatic carbocycles. The average molecular weight is 345 g/mol. The molecule has 5 nitrogen and oxygen atoms in total. The number of likely N-dealkylation sites (tertiary alicyclic amines) is 2. The Morgan fingerprint density at radius 3 is 2.40 bits per heavy atom. The van der Waals surface area contributed by atoms with E-state index in [-0.39, 0.29) is 0 Å². The molecule has 2 heterocycles. The van der Waals surface area contributed by atoms with Crippen LogP contribution in [0.1, 0.15) is 25.7 Å². The highest BCUT2D eigenvalue weighted by Crippen LogP contribution is 2.19. The van der Waals surface area contributed by atoms with Crippen LogP contribution in [-0.2, 0) is 0 Å². The largest absolute Gasteiger partial charge is 0.490 e. The molecule has 1 aromatic carbocycles. The van der Waals surface area contributed by atoms with Gasteiger partial charge < -0.3 is 19.9 Å². The van der Waals surface area contributed by atoms with Crippen LogP contribution in [0.15, 0.2) is 35.3 Å². The lowest BCUT2D eigenvalue weighted by atomic mass is 9.97. The first-order valence-electron chi connectivity index (χ1n) is 9.60. The predicted octanol–water partition coefficient (Wildman–Crippen LogP) is 2.45. The molecule has 0 radical (unpaired) electrons. The van der Waals surface area contributed by atoms with Crippen molar-refractivity contribution in [1.29, 1.82) is 0 Å². The number of piperidine rings is 2. The topological polar surface area (TPSA) is 40.1 Å². The average Bonchev–Trinajstić information content (AvgIpc) is 2.66. The molecule has 2 fully saturated rings. The van der Waals surface area contributed by atoms with Crippen molar-refractivity contribution in [2.24, 2.45) is 10.9 Å². The third-order valence-electron chi connectivity index (χ3n) is 5.39. The molecule has 2 aliphatic heterocycles. The SMILES string of the molecule is CN=C(NCC1CCN(C)CC1)N1CCC(Oc2ccccc2)CC1. The van der Waals surface area contributed by atoms with Crippen LogP contribution in [0.25, 0.3) is 0 Å². The van der Waals surface area contributed by atoms with Crippen LogP contribution in [0.3, 0.4) is 0 Å². The van der Waals surface area contributed by atoms with E-state index in [1.807, 2.05) is 37.4 Å². The number of hydrogen-bond acceptors (Lipinski definition) is 3. The van der Waals surface area contributed by atoms with E-state index in [4.69, 9.17) is 4.74 Å². The molecule has 25 heavy (non-hydrogen) atoms. The van der Waals surface area contributed by atoms with Crippen molar-refractivity contribution in [2.45, 2.75) is 31.8 Å². The Balaban J connectivity index is 1.41. The third-order valence-corrected chi connectivity index (χ3v) is 5.39. The molecule has 1 N–H and O–H groups in total. The lowest BCUT2D eigenvalue weighted by molar-refractivity contribution is 0.129. The highest BCUT2D eigenvalue weighted by atomic mass is 16.5. The second kappa shape index (κ2) is 9.09. The Bertz CT molecular complexity index is 532. The van der Waals surface area contributed by atoms with Crippen molar-refractivity contribution in [2.75, 3.05) is 46.8 Å². The van der Waals surface area contributed by atoms with E-state index in [2.05, 4.69) is 27.2 Å². The summed E-state index contributed by atoms with van der Waals surface area (Å²) in [7, 11) is 4.10. The monoisotopic (exact) mass is 344 g/mol. The number of rotatable bonds is 4. The van der Waals surface area contributed by atoms with Crippen molar-refractivity contribution in [3.63, 3.8) is 0 Å². The van der Waals surface area contributed by atoms with Gasteiger partial charge in [-0.3, -0.25) is 4.99 Å². The first-order valence-corrected chi connectivity index (χ1v) is 9.60. The summed E-state index contributed by atoms with van der Waals surface area (Å²) < 4.78 is 6.09. The Hall–Kier alpha value is -1.75. The summed E-state index contributed by atoms with van der Waals surface area (Å²) in [6, 6.07) is 10.1. The van der Waals surface area contributed by atoms with E-state index in [0.29, 0.717) is 6.10 Å². The van der Waals surface area contributed by atoms with Crippen LogP contribution in [0, 0.1) is 5.92 Å². The van der Waals surface area contributed by atoms with E-state index in [1.165, 1.54) is 25.9 Å². The minimum atomic E-state index is 0.311. The molecular weight excluding hydrogens is 312 g/mol.